The van der Waals surface area contributed by atoms with Gasteiger partial charge in [0.1, 0.15) is 13.1 Å². The van der Waals surface area contributed by atoms with Crippen LogP contribution in [0, 0.1) is 0 Å². The molecule has 0 spiro atoms. The summed E-state index contributed by atoms with van der Waals surface area (Å²) in [6.45, 7) is -0.910. The molecule has 0 atom stereocenters. The Kier molecular flexibility index (Phi) is 4.67. The minimum absolute atomic E-state index is 0.147. The fourth-order valence-corrected chi connectivity index (χ4v) is 1.21. The van der Waals surface area contributed by atoms with Crippen LogP contribution in [0.25, 0.3) is 0 Å². The summed E-state index contributed by atoms with van der Waals surface area (Å²) in [5.41, 5.74) is 5.58. The van der Waals surface area contributed by atoms with Crippen LogP contribution >= 0.6 is 0 Å². The van der Waals surface area contributed by atoms with Crippen molar-refractivity contribution in [2.45, 2.75) is 6.54 Å². The van der Waals surface area contributed by atoms with Gasteiger partial charge in [0.25, 0.3) is 0 Å². The summed E-state index contributed by atoms with van der Waals surface area (Å²) in [7, 11) is 0. The van der Waals surface area contributed by atoms with E-state index in [-0.39, 0.29) is 6.54 Å². The number of imidazole rings is 1. The molecular formula is C9H13N5O4. The highest BCUT2D eigenvalue weighted by atomic mass is 16.4. The molecule has 0 saturated heterocycles. The van der Waals surface area contributed by atoms with Crippen molar-refractivity contribution in [2.24, 2.45) is 5.73 Å². The van der Waals surface area contributed by atoms with Gasteiger partial charge in [-0.3, -0.25) is 9.59 Å². The number of carbonyl (C=O) groups is 3. The predicted molar refractivity (Wildman–Crippen MR) is 59.2 cm³/mol. The highest BCUT2D eigenvalue weighted by Crippen LogP contribution is 1.93. The van der Waals surface area contributed by atoms with Crippen LogP contribution in [0.1, 0.15) is 5.69 Å². The van der Waals surface area contributed by atoms with Gasteiger partial charge in [-0.1, -0.05) is 0 Å². The van der Waals surface area contributed by atoms with Crippen LogP contribution in [0.3, 0.4) is 0 Å². The number of primary amides is 1. The fourth-order valence-electron chi connectivity index (χ4n) is 1.21. The van der Waals surface area contributed by atoms with E-state index >= 15 is 0 Å². The molecule has 9 heteroatoms. The lowest BCUT2D eigenvalue weighted by molar-refractivity contribution is -0.137. The van der Waals surface area contributed by atoms with Crippen LogP contribution in [-0.4, -0.2) is 51.0 Å². The Morgan fingerprint density at radius 1 is 1.44 bits per heavy atom. The zero-order chi connectivity index (χ0) is 13.5. The van der Waals surface area contributed by atoms with Crippen LogP contribution in [0.2, 0.25) is 0 Å². The van der Waals surface area contributed by atoms with Crippen molar-refractivity contribution in [3.8, 4) is 0 Å². The van der Waals surface area contributed by atoms with E-state index in [9.17, 15) is 14.4 Å². The Morgan fingerprint density at radius 3 is 2.67 bits per heavy atom. The van der Waals surface area contributed by atoms with Crippen molar-refractivity contribution in [2.75, 3.05) is 13.1 Å². The second-order valence-corrected chi connectivity index (χ2v) is 3.45. The number of carboxylic acid groups (broad SMARTS) is 1. The average Bonchev–Trinajstić information content (AvgIpc) is 2.76. The quantitative estimate of drug-likeness (QED) is 0.489. The number of urea groups is 1. The number of aromatic amines is 1. The van der Waals surface area contributed by atoms with E-state index < -0.39 is 31.0 Å². The number of H-pyrrole nitrogens is 1. The predicted octanol–water partition coefficient (Wildman–Crippen LogP) is -1.51. The van der Waals surface area contributed by atoms with E-state index in [1.165, 1.54) is 12.5 Å². The summed E-state index contributed by atoms with van der Waals surface area (Å²) in [6, 6.07) is -0.689. The number of aromatic nitrogens is 2. The first-order chi connectivity index (χ1) is 8.49. The largest absolute Gasteiger partial charge is 0.480 e. The molecule has 1 aromatic heterocycles. The van der Waals surface area contributed by atoms with Gasteiger partial charge in [-0.2, -0.15) is 0 Å². The molecule has 98 valence electrons. The number of amides is 3. The first-order valence-electron chi connectivity index (χ1n) is 4.99. The van der Waals surface area contributed by atoms with Gasteiger partial charge in [0.05, 0.1) is 18.6 Å². The van der Waals surface area contributed by atoms with Crippen molar-refractivity contribution in [1.82, 2.24) is 20.2 Å². The third-order valence-corrected chi connectivity index (χ3v) is 1.94. The molecule has 0 saturated carbocycles. The lowest BCUT2D eigenvalue weighted by Crippen LogP contribution is -2.46. The molecule has 3 amide bonds. The molecule has 0 fully saturated rings. The van der Waals surface area contributed by atoms with Gasteiger partial charge in [0.2, 0.25) is 5.91 Å². The monoisotopic (exact) mass is 255 g/mol. The first-order valence-corrected chi connectivity index (χ1v) is 4.99. The lowest BCUT2D eigenvalue weighted by atomic mass is 10.4. The van der Waals surface area contributed by atoms with E-state index in [2.05, 4.69) is 15.3 Å². The second-order valence-electron chi connectivity index (χ2n) is 3.45. The minimum Gasteiger partial charge on any atom is -0.480 e. The van der Waals surface area contributed by atoms with E-state index in [0.717, 1.165) is 4.90 Å². The second kappa shape index (κ2) is 6.23. The van der Waals surface area contributed by atoms with Crippen molar-refractivity contribution < 1.29 is 19.5 Å². The topological polar surface area (TPSA) is 141 Å². The third kappa shape index (κ3) is 4.51. The molecule has 0 unspecified atom stereocenters. The van der Waals surface area contributed by atoms with Gasteiger partial charge in [-0.25, -0.2) is 9.78 Å². The summed E-state index contributed by atoms with van der Waals surface area (Å²) < 4.78 is 0. The van der Waals surface area contributed by atoms with Crippen LogP contribution in [0.4, 0.5) is 4.79 Å². The Morgan fingerprint density at radius 2 is 2.17 bits per heavy atom. The molecule has 5 N–H and O–H groups in total. The average molecular weight is 255 g/mol. The summed E-state index contributed by atoms with van der Waals surface area (Å²) in [5.74, 6) is -2.01. The Hall–Kier alpha value is -2.58. The van der Waals surface area contributed by atoms with Gasteiger partial charge in [-0.05, 0) is 0 Å². The number of nitrogens with zero attached hydrogens (tertiary/aromatic N) is 2. The molecule has 0 aliphatic rings. The number of hydrogen-bond donors (Lipinski definition) is 4. The van der Waals surface area contributed by atoms with Crippen molar-refractivity contribution >= 4 is 17.9 Å². The highest BCUT2D eigenvalue weighted by molar-refractivity contribution is 5.85. The summed E-state index contributed by atoms with van der Waals surface area (Å²) in [4.78, 5) is 40.2. The van der Waals surface area contributed by atoms with Gasteiger partial charge in [0, 0.05) is 6.20 Å². The molecule has 0 aromatic carbocycles. The molecule has 0 aliphatic heterocycles. The maximum absolute atomic E-state index is 11.6. The highest BCUT2D eigenvalue weighted by Gasteiger charge is 2.18. The normalized spacial score (nSPS) is 9.78. The summed E-state index contributed by atoms with van der Waals surface area (Å²) >= 11 is 0. The Bertz CT molecular complexity index is 414. The molecule has 0 bridgehead atoms. The molecule has 9 nitrogen and oxygen atoms in total. The minimum atomic E-state index is -1.23. The molecule has 1 rings (SSSR count). The van der Waals surface area contributed by atoms with Crippen LogP contribution < -0.4 is 11.1 Å². The van der Waals surface area contributed by atoms with Gasteiger partial charge >= 0.3 is 12.0 Å². The third-order valence-electron chi connectivity index (χ3n) is 1.94. The van der Waals surface area contributed by atoms with Gasteiger partial charge in [-0.15, -0.1) is 0 Å². The molecule has 0 aliphatic carbocycles. The standard InChI is InChI=1S/C9H13N5O4/c10-7(15)3-14(4-8(16)17)9(18)12-2-6-1-11-5-13-6/h1,5H,2-4H2,(H2,10,15)(H,11,13)(H,12,18)(H,16,17). The molecular weight excluding hydrogens is 242 g/mol. The summed E-state index contributed by atoms with van der Waals surface area (Å²) in [5, 5.41) is 11.0. The number of hydrogen-bond acceptors (Lipinski definition) is 4. The lowest BCUT2D eigenvalue weighted by Gasteiger charge is -2.19. The number of rotatable bonds is 6. The van der Waals surface area contributed by atoms with Crippen molar-refractivity contribution in [3.05, 3.63) is 18.2 Å². The maximum atomic E-state index is 11.6. The van der Waals surface area contributed by atoms with Gasteiger partial charge in [0.15, 0.2) is 0 Å². The fraction of sp³-hybridized carbons (Fsp3) is 0.333. The van der Waals surface area contributed by atoms with Crippen molar-refractivity contribution in [3.63, 3.8) is 0 Å². The number of carbonyl (C=O) groups excluding carboxylic acids is 2. The van der Waals surface area contributed by atoms with E-state index in [4.69, 9.17) is 10.8 Å². The van der Waals surface area contributed by atoms with Crippen molar-refractivity contribution in [1.29, 1.82) is 0 Å². The van der Waals surface area contributed by atoms with E-state index in [1.54, 1.807) is 0 Å². The molecule has 18 heavy (non-hydrogen) atoms. The van der Waals surface area contributed by atoms with Crippen LogP contribution in [0.15, 0.2) is 12.5 Å². The SMILES string of the molecule is NC(=O)CN(CC(=O)O)C(=O)NCc1cnc[nH]1. The first kappa shape index (κ1) is 13.5. The number of carboxylic acids is 1. The zero-order valence-corrected chi connectivity index (χ0v) is 9.42. The maximum Gasteiger partial charge on any atom is 0.323 e. The van der Waals surface area contributed by atoms with E-state index in [1.807, 2.05) is 0 Å². The smallest absolute Gasteiger partial charge is 0.323 e. The van der Waals surface area contributed by atoms with Gasteiger partial charge < -0.3 is 26.0 Å². The Labute approximate surface area is 102 Å². The summed E-state index contributed by atoms with van der Waals surface area (Å²) in [6.07, 6.45) is 2.95. The van der Waals surface area contributed by atoms with E-state index in [0.29, 0.717) is 5.69 Å². The Balaban J connectivity index is 2.52. The number of nitrogens with two attached hydrogens (primary N) is 1. The van der Waals surface area contributed by atoms with Crippen LogP contribution in [-0.2, 0) is 16.1 Å². The molecule has 1 aromatic rings. The molecule has 1 heterocycles. The van der Waals surface area contributed by atoms with Crippen LogP contribution in [0.5, 0.6) is 0 Å². The zero-order valence-electron chi connectivity index (χ0n) is 9.42. The molecule has 0 radical (unpaired) electrons. The number of aliphatic carboxylic acids is 1. The number of nitrogens with one attached hydrogen (secondary N) is 2.